The van der Waals surface area contributed by atoms with Crippen LogP contribution in [-0.4, -0.2) is 23.3 Å². The molecule has 4 nitrogen and oxygen atoms in total. The van der Waals surface area contributed by atoms with Crippen LogP contribution in [-0.2, 0) is 0 Å². The summed E-state index contributed by atoms with van der Waals surface area (Å²) in [6.07, 6.45) is 0. The third-order valence-corrected chi connectivity index (χ3v) is 3.35. The van der Waals surface area contributed by atoms with Crippen molar-refractivity contribution in [2.24, 2.45) is 0 Å². The van der Waals surface area contributed by atoms with Crippen molar-refractivity contribution in [2.75, 3.05) is 7.11 Å². The van der Waals surface area contributed by atoms with Crippen LogP contribution in [0.5, 0.6) is 5.75 Å². The van der Waals surface area contributed by atoms with E-state index in [1.807, 2.05) is 0 Å². The molecule has 0 fully saturated rings. The second-order valence-corrected chi connectivity index (χ2v) is 4.58. The van der Waals surface area contributed by atoms with E-state index in [1.165, 1.54) is 25.3 Å². The highest BCUT2D eigenvalue weighted by Crippen LogP contribution is 2.35. The van der Waals surface area contributed by atoms with Crippen LogP contribution in [0.3, 0.4) is 0 Å². The van der Waals surface area contributed by atoms with Gasteiger partial charge in [-0.25, -0.2) is 13.2 Å². The molecule has 0 bridgehead atoms. The van der Waals surface area contributed by atoms with Gasteiger partial charge in [-0.2, -0.15) is 4.74 Å². The van der Waals surface area contributed by atoms with Gasteiger partial charge in [0.2, 0.25) is 5.69 Å². The molecule has 0 spiro atoms. The summed E-state index contributed by atoms with van der Waals surface area (Å²) >= 11 is 0. The smallest absolute Gasteiger partial charge is 0.273 e. The Bertz CT molecular complexity index is 823. The Morgan fingerprint density at radius 3 is 2.36 bits per heavy atom. The Labute approximate surface area is 122 Å². The number of Topliss-reactive ketones (excluding diaryl/α,β-unsaturated/α-hetero) is 1. The van der Waals surface area contributed by atoms with Crippen molar-refractivity contribution in [1.29, 1.82) is 0 Å². The monoisotopic (exact) mass is 307 g/mol. The Morgan fingerprint density at radius 1 is 1.14 bits per heavy atom. The fourth-order valence-electron chi connectivity index (χ4n) is 2.36. The number of halogens is 3. The largest absolute Gasteiger partial charge is 0.618 e. The summed E-state index contributed by atoms with van der Waals surface area (Å²) < 4.78 is 45.0. The standard InChI is InChI=1S/C15H8F3NO3/c1-22-11-4-2-3-10-12(11)15(20)14(19(10)21)7-5-8(16)13(18)9(17)6-7/h2-6H,1H3. The van der Waals surface area contributed by atoms with Crippen molar-refractivity contribution >= 4 is 17.2 Å². The lowest BCUT2D eigenvalue weighted by Crippen LogP contribution is -2.18. The van der Waals surface area contributed by atoms with Crippen LogP contribution in [0.4, 0.5) is 18.9 Å². The topological polar surface area (TPSA) is 52.4 Å². The molecular weight excluding hydrogens is 299 g/mol. The van der Waals surface area contributed by atoms with Crippen molar-refractivity contribution < 1.29 is 27.4 Å². The van der Waals surface area contributed by atoms with Crippen LogP contribution < -0.4 is 4.74 Å². The van der Waals surface area contributed by atoms with Gasteiger partial charge in [-0.05, 0) is 18.2 Å². The highest BCUT2D eigenvalue weighted by molar-refractivity contribution is 6.52. The summed E-state index contributed by atoms with van der Waals surface area (Å²) in [4.78, 5) is 12.4. The quantitative estimate of drug-likeness (QED) is 0.487. The lowest BCUT2D eigenvalue weighted by atomic mass is 10.0. The summed E-state index contributed by atoms with van der Waals surface area (Å²) in [6, 6.07) is 5.58. The number of rotatable bonds is 2. The van der Waals surface area contributed by atoms with Gasteiger partial charge in [-0.3, -0.25) is 4.79 Å². The summed E-state index contributed by atoms with van der Waals surface area (Å²) in [5.74, 6) is -5.20. The molecule has 2 aromatic carbocycles. The number of carbonyl (C=O) groups is 1. The van der Waals surface area contributed by atoms with E-state index in [2.05, 4.69) is 0 Å². The van der Waals surface area contributed by atoms with Gasteiger partial charge < -0.3 is 9.94 Å². The molecule has 2 aromatic rings. The van der Waals surface area contributed by atoms with E-state index in [9.17, 15) is 23.2 Å². The van der Waals surface area contributed by atoms with E-state index >= 15 is 0 Å². The first kappa shape index (κ1) is 14.1. The molecule has 22 heavy (non-hydrogen) atoms. The molecule has 0 unspecified atom stereocenters. The number of methoxy groups -OCH3 is 1. The normalized spacial score (nSPS) is 13.5. The third-order valence-electron chi connectivity index (χ3n) is 3.35. The molecule has 7 heteroatoms. The average molecular weight is 307 g/mol. The number of carbonyl (C=O) groups excluding carboxylic acids is 1. The first-order chi connectivity index (χ1) is 10.5. The molecular formula is C15H8F3NO3. The maximum Gasteiger partial charge on any atom is 0.273 e. The summed E-state index contributed by atoms with van der Waals surface area (Å²) in [5.41, 5.74) is -0.823. The molecule has 0 amide bonds. The fraction of sp³-hybridized carbons (Fsp3) is 0.0667. The molecule has 0 N–H and O–H groups in total. The van der Waals surface area contributed by atoms with Gasteiger partial charge in [0.1, 0.15) is 11.3 Å². The number of nitrogens with zero attached hydrogens (tertiary/aromatic N) is 1. The minimum atomic E-state index is -1.66. The molecule has 1 aliphatic rings. The molecule has 1 heterocycles. The first-order valence-corrected chi connectivity index (χ1v) is 6.16. The van der Waals surface area contributed by atoms with E-state index < -0.39 is 28.9 Å². The minimum Gasteiger partial charge on any atom is -0.618 e. The summed E-state index contributed by atoms with van der Waals surface area (Å²) in [6.45, 7) is 0. The van der Waals surface area contributed by atoms with Gasteiger partial charge >= 0.3 is 0 Å². The van der Waals surface area contributed by atoms with Crippen LogP contribution in [0, 0.1) is 22.7 Å². The molecule has 0 radical (unpaired) electrons. The molecule has 1 aliphatic heterocycles. The van der Waals surface area contributed by atoms with Crippen molar-refractivity contribution in [3.63, 3.8) is 0 Å². The van der Waals surface area contributed by atoms with E-state index in [1.54, 1.807) is 0 Å². The number of benzene rings is 2. The second kappa shape index (κ2) is 4.87. The third kappa shape index (κ3) is 1.86. The van der Waals surface area contributed by atoms with Gasteiger partial charge in [-0.1, -0.05) is 6.07 Å². The maximum absolute atomic E-state index is 13.3. The van der Waals surface area contributed by atoms with Crippen LogP contribution >= 0.6 is 0 Å². The van der Waals surface area contributed by atoms with Gasteiger partial charge in [0.15, 0.2) is 17.5 Å². The van der Waals surface area contributed by atoms with Crippen molar-refractivity contribution in [2.45, 2.75) is 0 Å². The zero-order chi connectivity index (χ0) is 16.0. The molecule has 0 saturated heterocycles. The Kier molecular flexibility index (Phi) is 3.13. The number of ketones is 1. The molecule has 0 aliphatic carbocycles. The van der Waals surface area contributed by atoms with Gasteiger partial charge in [0.05, 0.1) is 12.7 Å². The lowest BCUT2D eigenvalue weighted by Gasteiger charge is -2.03. The lowest BCUT2D eigenvalue weighted by molar-refractivity contribution is -0.355. The zero-order valence-corrected chi connectivity index (χ0v) is 11.2. The zero-order valence-electron chi connectivity index (χ0n) is 11.2. The highest BCUT2D eigenvalue weighted by Gasteiger charge is 2.39. The second-order valence-electron chi connectivity index (χ2n) is 4.58. The minimum absolute atomic E-state index is 0.000131. The SMILES string of the molecule is COc1cccc2c1C(=O)C(c1cc(F)c(F)c(F)c1)=[N+]2[O-]. The van der Waals surface area contributed by atoms with Crippen LogP contribution in [0.15, 0.2) is 30.3 Å². The van der Waals surface area contributed by atoms with E-state index in [0.29, 0.717) is 12.1 Å². The van der Waals surface area contributed by atoms with Crippen LogP contribution in [0.1, 0.15) is 15.9 Å². The predicted molar refractivity (Wildman–Crippen MR) is 71.0 cm³/mol. The van der Waals surface area contributed by atoms with Crippen LogP contribution in [0.25, 0.3) is 0 Å². The maximum atomic E-state index is 13.3. The van der Waals surface area contributed by atoms with Gasteiger partial charge in [0.25, 0.3) is 11.5 Å². The fourth-order valence-corrected chi connectivity index (χ4v) is 2.36. The Hall–Kier alpha value is -2.83. The van der Waals surface area contributed by atoms with Crippen LogP contribution in [0.2, 0.25) is 0 Å². The summed E-state index contributed by atoms with van der Waals surface area (Å²) in [7, 11) is 1.33. The van der Waals surface area contributed by atoms with Crippen molar-refractivity contribution in [3.8, 4) is 5.75 Å². The number of hydrogen-bond acceptors (Lipinski definition) is 3. The van der Waals surface area contributed by atoms with Gasteiger partial charge in [-0.15, -0.1) is 0 Å². The summed E-state index contributed by atoms with van der Waals surface area (Å²) in [5, 5.41) is 12.2. The number of hydrogen-bond donors (Lipinski definition) is 0. The highest BCUT2D eigenvalue weighted by atomic mass is 19.2. The van der Waals surface area contributed by atoms with E-state index in [4.69, 9.17) is 4.74 Å². The van der Waals surface area contributed by atoms with Gasteiger partial charge in [0, 0.05) is 6.07 Å². The molecule has 112 valence electrons. The number of ether oxygens (including phenoxy) is 1. The van der Waals surface area contributed by atoms with E-state index in [0.717, 1.165) is 0 Å². The van der Waals surface area contributed by atoms with E-state index in [-0.39, 0.29) is 27.3 Å². The molecule has 3 rings (SSSR count). The molecule has 0 aromatic heterocycles. The molecule has 0 atom stereocenters. The Balaban J connectivity index is 2.22. The Morgan fingerprint density at radius 2 is 1.77 bits per heavy atom. The van der Waals surface area contributed by atoms with Crippen molar-refractivity contribution in [3.05, 3.63) is 64.1 Å². The number of fused-ring (bicyclic) bond motifs is 1. The molecule has 0 saturated carbocycles. The predicted octanol–water partition coefficient (Wildman–Crippen LogP) is 2.94. The average Bonchev–Trinajstić information content (AvgIpc) is 2.76. The van der Waals surface area contributed by atoms with Crippen molar-refractivity contribution in [1.82, 2.24) is 0 Å². The first-order valence-electron chi connectivity index (χ1n) is 6.16.